The van der Waals surface area contributed by atoms with Crippen LogP contribution in [0.5, 0.6) is 5.75 Å². The van der Waals surface area contributed by atoms with Gasteiger partial charge in [-0.2, -0.15) is 0 Å². The number of pyridine rings is 2. The maximum Gasteiger partial charge on any atom is 0.147 e. The van der Waals surface area contributed by atoms with Crippen LogP contribution in [0, 0.1) is 0 Å². The van der Waals surface area contributed by atoms with E-state index in [4.69, 9.17) is 23.2 Å². The number of aromatic hydroxyl groups is 1. The second-order valence-electron chi connectivity index (χ2n) is 6.04. The molecule has 2 aromatic heterocycles. The molecule has 4 nitrogen and oxygen atoms in total. The number of halogens is 2. The monoisotopic (exact) mass is 395 g/mol. The van der Waals surface area contributed by atoms with Crippen molar-refractivity contribution < 1.29 is 5.11 Å². The average molecular weight is 396 g/mol. The van der Waals surface area contributed by atoms with Gasteiger partial charge < -0.3 is 10.4 Å². The molecule has 0 unspecified atom stereocenters. The van der Waals surface area contributed by atoms with Crippen molar-refractivity contribution in [2.24, 2.45) is 0 Å². The van der Waals surface area contributed by atoms with Crippen LogP contribution in [-0.2, 0) is 0 Å². The van der Waals surface area contributed by atoms with Crippen molar-refractivity contribution in [2.75, 3.05) is 5.32 Å². The highest BCUT2D eigenvalue weighted by atomic mass is 35.5. The Balaban J connectivity index is 1.91. The van der Waals surface area contributed by atoms with Crippen LogP contribution in [0.15, 0.2) is 73.1 Å². The Kier molecular flexibility index (Phi) is 4.84. The Labute approximate surface area is 166 Å². The standard InChI is InChI=1S/C21H15Cl2N3O/c22-14-6-3-5-13(11-14)19(26-18-8-1-2-9-24-18)16-12-17(23)15-7-4-10-25-20(15)21(16)27/h1-12,19,27H,(H,24,26)/t19-/m1/s1. The fourth-order valence-electron chi connectivity index (χ4n) is 3.05. The molecule has 6 heteroatoms. The van der Waals surface area contributed by atoms with Crippen LogP contribution in [0.25, 0.3) is 10.9 Å². The number of rotatable bonds is 4. The molecule has 2 N–H and O–H groups in total. The summed E-state index contributed by atoms with van der Waals surface area (Å²) in [5.74, 6) is 0.738. The summed E-state index contributed by atoms with van der Waals surface area (Å²) in [6, 6.07) is 18.0. The van der Waals surface area contributed by atoms with Gasteiger partial charge in [0.1, 0.15) is 17.1 Å². The zero-order chi connectivity index (χ0) is 18.8. The molecule has 0 amide bonds. The normalized spacial score (nSPS) is 12.1. The van der Waals surface area contributed by atoms with Crippen LogP contribution >= 0.6 is 23.2 Å². The lowest BCUT2D eigenvalue weighted by atomic mass is 9.96. The minimum absolute atomic E-state index is 0.0726. The van der Waals surface area contributed by atoms with Gasteiger partial charge in [-0.15, -0.1) is 0 Å². The van der Waals surface area contributed by atoms with Crippen LogP contribution in [0.2, 0.25) is 10.0 Å². The average Bonchev–Trinajstić information content (AvgIpc) is 2.70. The molecule has 0 spiro atoms. The summed E-state index contributed by atoms with van der Waals surface area (Å²) in [5, 5.41) is 16.1. The highest BCUT2D eigenvalue weighted by molar-refractivity contribution is 6.35. The predicted octanol–water partition coefficient (Wildman–Crippen LogP) is 5.84. The van der Waals surface area contributed by atoms with Gasteiger partial charge in [0.2, 0.25) is 0 Å². The summed E-state index contributed by atoms with van der Waals surface area (Å²) in [6.07, 6.45) is 3.33. The second-order valence-corrected chi connectivity index (χ2v) is 6.89. The molecule has 4 rings (SSSR count). The first-order valence-electron chi connectivity index (χ1n) is 8.32. The van der Waals surface area contributed by atoms with Gasteiger partial charge in [0, 0.05) is 28.4 Å². The molecule has 0 saturated carbocycles. The summed E-state index contributed by atoms with van der Waals surface area (Å²) >= 11 is 12.7. The smallest absolute Gasteiger partial charge is 0.147 e. The van der Waals surface area contributed by atoms with Gasteiger partial charge in [-0.05, 0) is 48.0 Å². The summed E-state index contributed by atoms with van der Waals surface area (Å²) in [4.78, 5) is 8.63. The molecule has 0 saturated heterocycles. The number of benzene rings is 2. The number of nitrogens with zero attached hydrogens (tertiary/aromatic N) is 2. The Morgan fingerprint density at radius 2 is 1.74 bits per heavy atom. The van der Waals surface area contributed by atoms with Gasteiger partial charge in [-0.25, -0.2) is 4.98 Å². The number of anilines is 1. The van der Waals surface area contributed by atoms with Crippen molar-refractivity contribution in [1.82, 2.24) is 9.97 Å². The fraction of sp³-hybridized carbons (Fsp3) is 0.0476. The first-order chi connectivity index (χ1) is 13.1. The molecule has 4 aromatic rings. The van der Waals surface area contributed by atoms with Crippen molar-refractivity contribution >= 4 is 39.9 Å². The molecule has 0 fully saturated rings. The maximum atomic E-state index is 10.9. The molecule has 27 heavy (non-hydrogen) atoms. The number of aromatic nitrogens is 2. The molecule has 0 aliphatic rings. The number of hydrogen-bond acceptors (Lipinski definition) is 4. The molecular formula is C21H15Cl2N3O. The quantitative estimate of drug-likeness (QED) is 0.455. The lowest BCUT2D eigenvalue weighted by Crippen LogP contribution is -2.14. The summed E-state index contributed by atoms with van der Waals surface area (Å²) < 4.78 is 0. The molecule has 134 valence electrons. The van der Waals surface area contributed by atoms with Gasteiger partial charge in [-0.1, -0.05) is 41.4 Å². The number of hydrogen-bond donors (Lipinski definition) is 2. The predicted molar refractivity (Wildman–Crippen MR) is 110 cm³/mol. The van der Waals surface area contributed by atoms with E-state index in [-0.39, 0.29) is 5.75 Å². The minimum atomic E-state index is -0.414. The van der Waals surface area contributed by atoms with E-state index in [0.29, 0.717) is 32.3 Å². The Morgan fingerprint density at radius 3 is 2.52 bits per heavy atom. The second kappa shape index (κ2) is 7.43. The van der Waals surface area contributed by atoms with Crippen LogP contribution in [0.3, 0.4) is 0 Å². The molecular weight excluding hydrogens is 381 g/mol. The highest BCUT2D eigenvalue weighted by Gasteiger charge is 2.22. The van der Waals surface area contributed by atoms with E-state index < -0.39 is 6.04 Å². The van der Waals surface area contributed by atoms with E-state index >= 15 is 0 Å². The van der Waals surface area contributed by atoms with Crippen LogP contribution in [0.1, 0.15) is 17.2 Å². The van der Waals surface area contributed by atoms with Gasteiger partial charge in [0.15, 0.2) is 0 Å². The Hall–Kier alpha value is -2.82. The third kappa shape index (κ3) is 3.54. The maximum absolute atomic E-state index is 10.9. The van der Waals surface area contributed by atoms with Crippen molar-refractivity contribution in [3.8, 4) is 5.75 Å². The summed E-state index contributed by atoms with van der Waals surface area (Å²) in [5.41, 5.74) is 1.92. The summed E-state index contributed by atoms with van der Waals surface area (Å²) in [7, 11) is 0. The van der Waals surface area contributed by atoms with Crippen molar-refractivity contribution in [3.63, 3.8) is 0 Å². The van der Waals surface area contributed by atoms with Gasteiger partial charge >= 0.3 is 0 Å². The Bertz CT molecular complexity index is 1100. The molecule has 0 radical (unpaired) electrons. The summed E-state index contributed by atoms with van der Waals surface area (Å²) in [6.45, 7) is 0. The lowest BCUT2D eigenvalue weighted by Gasteiger charge is -2.22. The molecule has 2 heterocycles. The van der Waals surface area contributed by atoms with Crippen LogP contribution in [0.4, 0.5) is 5.82 Å². The zero-order valence-corrected chi connectivity index (χ0v) is 15.6. The molecule has 1 atom stereocenters. The van der Waals surface area contributed by atoms with E-state index in [1.165, 1.54) is 0 Å². The first-order valence-corrected chi connectivity index (χ1v) is 9.08. The third-order valence-corrected chi connectivity index (χ3v) is 4.84. The van der Waals surface area contributed by atoms with E-state index in [0.717, 1.165) is 5.56 Å². The molecule has 0 aliphatic carbocycles. The van der Waals surface area contributed by atoms with Crippen molar-refractivity contribution in [3.05, 3.63) is 94.2 Å². The van der Waals surface area contributed by atoms with E-state index in [1.807, 2.05) is 42.5 Å². The highest BCUT2D eigenvalue weighted by Crippen LogP contribution is 2.39. The number of phenols is 1. The topological polar surface area (TPSA) is 58.0 Å². The van der Waals surface area contributed by atoms with E-state index in [9.17, 15) is 5.11 Å². The first kappa shape index (κ1) is 17.6. The van der Waals surface area contributed by atoms with Gasteiger partial charge in [0.25, 0.3) is 0 Å². The zero-order valence-electron chi connectivity index (χ0n) is 14.1. The number of fused-ring (bicyclic) bond motifs is 1. The van der Waals surface area contributed by atoms with Crippen LogP contribution < -0.4 is 5.32 Å². The largest absolute Gasteiger partial charge is 0.505 e. The fourth-order valence-corrected chi connectivity index (χ4v) is 3.52. The SMILES string of the molecule is Oc1c([C@H](Nc2ccccn2)c2cccc(Cl)c2)cc(Cl)c2cccnc12. The van der Waals surface area contributed by atoms with Crippen molar-refractivity contribution in [1.29, 1.82) is 0 Å². The molecule has 0 bridgehead atoms. The lowest BCUT2D eigenvalue weighted by molar-refractivity contribution is 0.471. The minimum Gasteiger partial charge on any atom is -0.505 e. The molecule has 2 aromatic carbocycles. The van der Waals surface area contributed by atoms with Crippen LogP contribution in [-0.4, -0.2) is 15.1 Å². The van der Waals surface area contributed by atoms with E-state index in [1.54, 1.807) is 30.6 Å². The number of phenolic OH excluding ortho intramolecular Hbond substituents is 1. The molecule has 0 aliphatic heterocycles. The number of nitrogens with one attached hydrogen (secondary N) is 1. The van der Waals surface area contributed by atoms with Gasteiger partial charge in [-0.3, -0.25) is 4.98 Å². The third-order valence-electron chi connectivity index (χ3n) is 4.30. The van der Waals surface area contributed by atoms with Crippen molar-refractivity contribution in [2.45, 2.75) is 6.04 Å². The van der Waals surface area contributed by atoms with Gasteiger partial charge in [0.05, 0.1) is 11.1 Å². The Morgan fingerprint density at radius 1 is 0.889 bits per heavy atom. The van der Waals surface area contributed by atoms with E-state index in [2.05, 4.69) is 15.3 Å².